The van der Waals surface area contributed by atoms with Gasteiger partial charge in [0.05, 0.1) is 23.8 Å². The van der Waals surface area contributed by atoms with Crippen molar-refractivity contribution in [1.29, 1.82) is 0 Å². The highest BCUT2D eigenvalue weighted by Gasteiger charge is 2.45. The summed E-state index contributed by atoms with van der Waals surface area (Å²) < 4.78 is 31.1. The molecule has 21 heavy (non-hydrogen) atoms. The van der Waals surface area contributed by atoms with Gasteiger partial charge in [-0.1, -0.05) is 0 Å². The van der Waals surface area contributed by atoms with Crippen LogP contribution in [-0.2, 0) is 14.8 Å². The molecule has 3 rings (SSSR count). The Labute approximate surface area is 121 Å². The van der Waals surface area contributed by atoms with Crippen LogP contribution < -0.4 is 0 Å². The number of nitrogens with zero attached hydrogens (tertiary/aromatic N) is 1. The molecule has 0 spiro atoms. The molecule has 1 fully saturated rings. The topological polar surface area (TPSA) is 101 Å². The van der Waals surface area contributed by atoms with E-state index < -0.39 is 27.9 Å². The Kier molecular flexibility index (Phi) is 3.22. The second-order valence-electron chi connectivity index (χ2n) is 4.99. The molecule has 0 aliphatic carbocycles. The van der Waals surface area contributed by atoms with E-state index in [9.17, 15) is 18.0 Å². The first kappa shape index (κ1) is 14.0. The van der Waals surface area contributed by atoms with Crippen LogP contribution in [-0.4, -0.2) is 49.0 Å². The molecular formula is C13H13NO6S. The summed E-state index contributed by atoms with van der Waals surface area (Å²) in [6.07, 6.45) is 1.23. The molecule has 2 heterocycles. The fourth-order valence-electron chi connectivity index (χ4n) is 2.65. The van der Waals surface area contributed by atoms with Gasteiger partial charge in [-0.25, -0.2) is 17.5 Å². The summed E-state index contributed by atoms with van der Waals surface area (Å²) in [7, 11) is -4.01. The van der Waals surface area contributed by atoms with Gasteiger partial charge in [0.25, 0.3) is 15.9 Å². The maximum Gasteiger partial charge on any atom is 0.335 e. The van der Waals surface area contributed by atoms with Crippen LogP contribution in [0.1, 0.15) is 33.6 Å². The van der Waals surface area contributed by atoms with Crippen LogP contribution in [0.2, 0.25) is 0 Å². The van der Waals surface area contributed by atoms with Crippen LogP contribution in [0.4, 0.5) is 0 Å². The van der Waals surface area contributed by atoms with Crippen molar-refractivity contribution in [2.75, 3.05) is 13.2 Å². The summed E-state index contributed by atoms with van der Waals surface area (Å²) in [6.45, 7) is 0.722. The lowest BCUT2D eigenvalue weighted by atomic mass is 10.1. The minimum atomic E-state index is -4.01. The van der Waals surface area contributed by atoms with Crippen LogP contribution in [0.5, 0.6) is 0 Å². The Morgan fingerprint density at radius 1 is 1.38 bits per heavy atom. The molecule has 1 atom stereocenters. The molecule has 8 heteroatoms. The number of rotatable bonds is 2. The number of aromatic carboxylic acids is 1. The number of carboxylic acid groups (broad SMARTS) is 1. The molecule has 1 aromatic rings. The predicted molar refractivity (Wildman–Crippen MR) is 70.6 cm³/mol. The number of fused-ring (bicyclic) bond motifs is 1. The van der Waals surface area contributed by atoms with Gasteiger partial charge in [-0.3, -0.25) is 4.79 Å². The van der Waals surface area contributed by atoms with Gasteiger partial charge in [-0.2, -0.15) is 0 Å². The number of carbonyl (C=O) groups is 2. The maximum atomic E-state index is 12.5. The highest BCUT2D eigenvalue weighted by atomic mass is 32.2. The normalized spacial score (nSPS) is 23.9. The molecule has 1 aromatic carbocycles. The highest BCUT2D eigenvalue weighted by molar-refractivity contribution is 7.90. The molecule has 0 aromatic heterocycles. The summed E-state index contributed by atoms with van der Waals surface area (Å²) in [4.78, 5) is 23.1. The minimum Gasteiger partial charge on any atom is -0.478 e. The molecule has 1 amide bonds. The zero-order chi connectivity index (χ0) is 15.2. The van der Waals surface area contributed by atoms with E-state index in [2.05, 4.69) is 0 Å². The Balaban J connectivity index is 2.08. The van der Waals surface area contributed by atoms with Crippen LogP contribution in [0.3, 0.4) is 0 Å². The van der Waals surface area contributed by atoms with E-state index in [0.717, 1.165) is 10.4 Å². The van der Waals surface area contributed by atoms with Gasteiger partial charge in [-0.15, -0.1) is 0 Å². The molecule has 0 radical (unpaired) electrons. The molecule has 1 N–H and O–H groups in total. The third kappa shape index (κ3) is 2.11. The molecule has 2 aliphatic heterocycles. The number of carboxylic acids is 1. The lowest BCUT2D eigenvalue weighted by Crippen LogP contribution is -2.44. The first-order valence-electron chi connectivity index (χ1n) is 6.47. The van der Waals surface area contributed by atoms with Gasteiger partial charge >= 0.3 is 5.97 Å². The average molecular weight is 311 g/mol. The minimum absolute atomic E-state index is 0.0190. The third-order valence-electron chi connectivity index (χ3n) is 3.66. The first-order valence-corrected chi connectivity index (χ1v) is 7.91. The van der Waals surface area contributed by atoms with Gasteiger partial charge in [0.15, 0.2) is 0 Å². The highest BCUT2D eigenvalue weighted by Crippen LogP contribution is 2.34. The van der Waals surface area contributed by atoms with Crippen LogP contribution >= 0.6 is 0 Å². The van der Waals surface area contributed by atoms with Crippen molar-refractivity contribution in [3.8, 4) is 0 Å². The number of hydrogen-bond acceptors (Lipinski definition) is 5. The zero-order valence-corrected chi connectivity index (χ0v) is 11.8. The van der Waals surface area contributed by atoms with Crippen LogP contribution in [0.15, 0.2) is 23.1 Å². The summed E-state index contributed by atoms with van der Waals surface area (Å²) in [6, 6.07) is 2.99. The van der Waals surface area contributed by atoms with Gasteiger partial charge in [-0.05, 0) is 31.0 Å². The lowest BCUT2D eigenvalue weighted by Gasteiger charge is -2.29. The van der Waals surface area contributed by atoms with Crippen molar-refractivity contribution >= 4 is 21.9 Å². The Bertz CT molecular complexity index is 720. The Morgan fingerprint density at radius 2 is 2.14 bits per heavy atom. The van der Waals surface area contributed by atoms with Crippen molar-refractivity contribution in [3.05, 3.63) is 29.3 Å². The molecular weight excluding hydrogens is 298 g/mol. The molecule has 1 saturated heterocycles. The number of ether oxygens (including phenoxy) is 1. The third-order valence-corrected chi connectivity index (χ3v) is 5.54. The summed E-state index contributed by atoms with van der Waals surface area (Å²) in [5.74, 6) is -1.85. The quantitative estimate of drug-likeness (QED) is 0.863. The van der Waals surface area contributed by atoms with E-state index in [-0.39, 0.29) is 22.6 Å². The molecule has 0 bridgehead atoms. The van der Waals surface area contributed by atoms with Crippen molar-refractivity contribution in [1.82, 2.24) is 4.31 Å². The smallest absolute Gasteiger partial charge is 0.335 e. The van der Waals surface area contributed by atoms with Gasteiger partial charge in [0.1, 0.15) is 4.90 Å². The molecule has 1 unspecified atom stereocenters. The fourth-order valence-corrected chi connectivity index (χ4v) is 4.45. The monoisotopic (exact) mass is 311 g/mol. The standard InChI is InChI=1S/C13H13NO6S/c15-12-10-4-3-8(13(16)17)6-11(10)21(18,19)14(12)9-2-1-5-20-7-9/h3-4,6,9H,1-2,5,7H2,(H,16,17). The van der Waals surface area contributed by atoms with Crippen LogP contribution in [0.25, 0.3) is 0 Å². The van der Waals surface area contributed by atoms with Crippen LogP contribution in [0, 0.1) is 0 Å². The fraction of sp³-hybridized carbons (Fsp3) is 0.385. The second kappa shape index (κ2) is 4.81. The van der Waals surface area contributed by atoms with Gasteiger partial charge in [0, 0.05) is 6.61 Å². The van der Waals surface area contributed by atoms with Crippen molar-refractivity contribution in [3.63, 3.8) is 0 Å². The van der Waals surface area contributed by atoms with E-state index >= 15 is 0 Å². The number of sulfonamides is 1. The largest absolute Gasteiger partial charge is 0.478 e. The zero-order valence-electron chi connectivity index (χ0n) is 11.0. The van der Waals surface area contributed by atoms with Crippen molar-refractivity contribution < 1.29 is 27.9 Å². The van der Waals surface area contributed by atoms with Gasteiger partial charge < -0.3 is 9.84 Å². The Morgan fingerprint density at radius 3 is 2.76 bits per heavy atom. The van der Waals surface area contributed by atoms with E-state index in [1.165, 1.54) is 12.1 Å². The molecule has 7 nitrogen and oxygen atoms in total. The van der Waals surface area contributed by atoms with E-state index in [1.54, 1.807) is 0 Å². The van der Waals surface area contributed by atoms with E-state index in [1.807, 2.05) is 0 Å². The molecule has 0 saturated carbocycles. The molecule has 2 aliphatic rings. The predicted octanol–water partition coefficient (Wildman–Crippen LogP) is 0.708. The van der Waals surface area contributed by atoms with Crippen molar-refractivity contribution in [2.24, 2.45) is 0 Å². The number of hydrogen-bond donors (Lipinski definition) is 1. The summed E-state index contributed by atoms with van der Waals surface area (Å²) in [5.41, 5.74) is -0.141. The first-order chi connectivity index (χ1) is 9.93. The number of amides is 1. The molecule has 112 valence electrons. The van der Waals surface area contributed by atoms with E-state index in [4.69, 9.17) is 9.84 Å². The second-order valence-corrected chi connectivity index (χ2v) is 6.78. The average Bonchev–Trinajstić information content (AvgIpc) is 2.66. The maximum absolute atomic E-state index is 12.5. The summed E-state index contributed by atoms with van der Waals surface area (Å²) in [5, 5.41) is 8.95. The Hall–Kier alpha value is -1.93. The lowest BCUT2D eigenvalue weighted by molar-refractivity contribution is 0.0403. The van der Waals surface area contributed by atoms with Crippen molar-refractivity contribution in [2.45, 2.75) is 23.8 Å². The summed E-state index contributed by atoms with van der Waals surface area (Å²) >= 11 is 0. The van der Waals surface area contributed by atoms with E-state index in [0.29, 0.717) is 19.4 Å². The van der Waals surface area contributed by atoms with Gasteiger partial charge in [0.2, 0.25) is 0 Å². The number of benzene rings is 1. The number of carbonyl (C=O) groups excluding carboxylic acids is 1. The SMILES string of the molecule is O=C(O)c1ccc2c(c1)S(=O)(=O)N(C1CCCOC1)C2=O.